The van der Waals surface area contributed by atoms with Crippen molar-refractivity contribution in [3.8, 4) is 5.75 Å². The highest BCUT2D eigenvalue weighted by Gasteiger charge is 2.22. The van der Waals surface area contributed by atoms with Gasteiger partial charge in [0.1, 0.15) is 11.9 Å². The van der Waals surface area contributed by atoms with Crippen molar-refractivity contribution in [3.05, 3.63) is 29.8 Å². The number of nitrogens with one attached hydrogen (secondary N) is 1. The third-order valence-corrected chi connectivity index (χ3v) is 3.35. The molecule has 4 heteroatoms. The highest BCUT2D eigenvalue weighted by Crippen LogP contribution is 2.27. The Morgan fingerprint density at radius 2 is 2.16 bits per heavy atom. The summed E-state index contributed by atoms with van der Waals surface area (Å²) in [7, 11) is 0. The summed E-state index contributed by atoms with van der Waals surface area (Å²) in [5.74, 6) is 1.06. The van der Waals surface area contributed by atoms with Gasteiger partial charge in [-0.3, -0.25) is 4.79 Å². The van der Waals surface area contributed by atoms with Crippen LogP contribution in [0, 0.1) is 0 Å². The number of carbonyl (C=O) groups excluding carboxylic acids is 1. The van der Waals surface area contributed by atoms with Gasteiger partial charge in [0.15, 0.2) is 0 Å². The van der Waals surface area contributed by atoms with Gasteiger partial charge in [-0.25, -0.2) is 0 Å². The van der Waals surface area contributed by atoms with Gasteiger partial charge in [-0.1, -0.05) is 24.6 Å². The third-order valence-electron chi connectivity index (χ3n) is 3.35. The molecule has 0 spiro atoms. The second kappa shape index (κ2) is 7.14. The molecule has 1 unspecified atom stereocenters. The number of nitrogens with two attached hydrogens (primary N) is 1. The lowest BCUT2D eigenvalue weighted by Gasteiger charge is -2.11. The lowest BCUT2D eigenvalue weighted by atomic mass is 10.1. The highest BCUT2D eigenvalue weighted by molar-refractivity contribution is 5.75. The Morgan fingerprint density at radius 1 is 1.32 bits per heavy atom. The van der Waals surface area contributed by atoms with Crippen LogP contribution in [0.25, 0.3) is 0 Å². The Balaban J connectivity index is 1.63. The molecular formula is C15H22N2O2. The van der Waals surface area contributed by atoms with E-state index in [-0.39, 0.29) is 12.0 Å². The molecule has 1 aromatic rings. The van der Waals surface area contributed by atoms with Gasteiger partial charge in [0.2, 0.25) is 5.91 Å². The number of para-hydroxylation sites is 1. The van der Waals surface area contributed by atoms with Gasteiger partial charge in [-0.2, -0.15) is 0 Å². The van der Waals surface area contributed by atoms with E-state index in [4.69, 9.17) is 10.5 Å². The normalized spacial score (nSPS) is 16.8. The molecular weight excluding hydrogens is 240 g/mol. The number of unbranched alkanes of at least 4 members (excludes halogenated alkanes) is 2. The van der Waals surface area contributed by atoms with Crippen LogP contribution in [-0.4, -0.2) is 25.1 Å². The fraction of sp³-hybridized carbons (Fsp3) is 0.533. The number of fused-ring (bicyclic) bond motifs is 1. The van der Waals surface area contributed by atoms with E-state index in [2.05, 4.69) is 11.4 Å². The second-order valence-corrected chi connectivity index (χ2v) is 4.96. The fourth-order valence-corrected chi connectivity index (χ4v) is 2.29. The monoisotopic (exact) mass is 262 g/mol. The Morgan fingerprint density at radius 3 is 2.95 bits per heavy atom. The van der Waals surface area contributed by atoms with Gasteiger partial charge in [-0.05, 0) is 31.0 Å². The average molecular weight is 262 g/mol. The first-order valence-corrected chi connectivity index (χ1v) is 7.01. The molecule has 0 fully saturated rings. The van der Waals surface area contributed by atoms with Crippen LogP contribution < -0.4 is 15.8 Å². The van der Waals surface area contributed by atoms with Gasteiger partial charge < -0.3 is 15.8 Å². The zero-order chi connectivity index (χ0) is 13.5. The van der Waals surface area contributed by atoms with Gasteiger partial charge in [0.05, 0.1) is 6.54 Å². The summed E-state index contributed by atoms with van der Waals surface area (Å²) < 4.78 is 5.77. The van der Waals surface area contributed by atoms with E-state index in [0.29, 0.717) is 19.5 Å². The summed E-state index contributed by atoms with van der Waals surface area (Å²) in [6, 6.07) is 8.03. The summed E-state index contributed by atoms with van der Waals surface area (Å²) in [4.78, 5) is 11.6. The van der Waals surface area contributed by atoms with E-state index in [1.807, 2.05) is 18.2 Å². The highest BCUT2D eigenvalue weighted by atomic mass is 16.5. The van der Waals surface area contributed by atoms with Crippen LogP contribution in [0.2, 0.25) is 0 Å². The van der Waals surface area contributed by atoms with Crippen LogP contribution in [0.5, 0.6) is 5.75 Å². The van der Waals surface area contributed by atoms with Gasteiger partial charge in [0.25, 0.3) is 0 Å². The van der Waals surface area contributed by atoms with E-state index in [0.717, 1.165) is 31.4 Å². The van der Waals surface area contributed by atoms with Crippen molar-refractivity contribution in [2.24, 2.45) is 5.73 Å². The number of hydrogen-bond acceptors (Lipinski definition) is 3. The maximum Gasteiger partial charge on any atom is 0.220 e. The van der Waals surface area contributed by atoms with Crippen molar-refractivity contribution in [3.63, 3.8) is 0 Å². The minimum absolute atomic E-state index is 0.0744. The zero-order valence-corrected chi connectivity index (χ0v) is 11.2. The molecule has 1 atom stereocenters. The van der Waals surface area contributed by atoms with Crippen LogP contribution in [0.3, 0.4) is 0 Å². The molecule has 1 aliphatic heterocycles. The molecule has 1 aliphatic rings. The molecule has 0 radical (unpaired) electrons. The van der Waals surface area contributed by atoms with E-state index >= 15 is 0 Å². The molecule has 104 valence electrons. The molecule has 1 amide bonds. The van der Waals surface area contributed by atoms with Crippen molar-refractivity contribution in [2.45, 2.75) is 38.2 Å². The summed E-state index contributed by atoms with van der Waals surface area (Å²) in [6.45, 7) is 1.29. The van der Waals surface area contributed by atoms with Crippen LogP contribution in [0.4, 0.5) is 0 Å². The number of ether oxygens (including phenoxy) is 1. The minimum Gasteiger partial charge on any atom is -0.488 e. The first-order valence-electron chi connectivity index (χ1n) is 7.01. The first kappa shape index (κ1) is 13.9. The van der Waals surface area contributed by atoms with Gasteiger partial charge >= 0.3 is 0 Å². The van der Waals surface area contributed by atoms with Crippen LogP contribution >= 0.6 is 0 Å². The van der Waals surface area contributed by atoms with Crippen molar-refractivity contribution in [1.29, 1.82) is 0 Å². The summed E-state index contributed by atoms with van der Waals surface area (Å²) in [6.07, 6.45) is 4.47. The first-order chi connectivity index (χ1) is 9.29. The van der Waals surface area contributed by atoms with E-state index in [1.165, 1.54) is 5.56 Å². The fourth-order valence-electron chi connectivity index (χ4n) is 2.29. The molecule has 0 saturated heterocycles. The Kier molecular flexibility index (Phi) is 5.21. The second-order valence-electron chi connectivity index (χ2n) is 4.96. The zero-order valence-electron chi connectivity index (χ0n) is 11.2. The summed E-state index contributed by atoms with van der Waals surface area (Å²) in [5.41, 5.74) is 6.64. The number of benzene rings is 1. The molecule has 0 aromatic heterocycles. The van der Waals surface area contributed by atoms with Crippen molar-refractivity contribution in [2.75, 3.05) is 13.1 Å². The molecule has 4 nitrogen and oxygen atoms in total. The third kappa shape index (κ3) is 4.24. The smallest absolute Gasteiger partial charge is 0.220 e. The number of hydrogen-bond donors (Lipinski definition) is 2. The maximum atomic E-state index is 11.6. The molecule has 2 rings (SSSR count). The summed E-state index contributed by atoms with van der Waals surface area (Å²) in [5, 5.41) is 2.94. The predicted octanol–water partition coefficient (Wildman–Crippen LogP) is 1.63. The van der Waals surface area contributed by atoms with Gasteiger partial charge in [-0.15, -0.1) is 0 Å². The molecule has 19 heavy (non-hydrogen) atoms. The quantitative estimate of drug-likeness (QED) is 0.734. The molecule has 0 bridgehead atoms. The van der Waals surface area contributed by atoms with E-state index in [9.17, 15) is 4.79 Å². The average Bonchev–Trinajstić information content (AvgIpc) is 2.84. The summed E-state index contributed by atoms with van der Waals surface area (Å²) >= 11 is 0. The number of amides is 1. The van der Waals surface area contributed by atoms with Crippen LogP contribution in [-0.2, 0) is 11.2 Å². The van der Waals surface area contributed by atoms with Crippen molar-refractivity contribution in [1.82, 2.24) is 5.32 Å². The molecule has 3 N–H and O–H groups in total. The number of rotatable bonds is 7. The van der Waals surface area contributed by atoms with Crippen molar-refractivity contribution >= 4 is 5.91 Å². The van der Waals surface area contributed by atoms with Crippen molar-refractivity contribution < 1.29 is 9.53 Å². The lowest BCUT2D eigenvalue weighted by Crippen LogP contribution is -2.34. The lowest BCUT2D eigenvalue weighted by molar-refractivity contribution is -0.121. The van der Waals surface area contributed by atoms with Crippen LogP contribution in [0.1, 0.15) is 31.2 Å². The van der Waals surface area contributed by atoms with E-state index in [1.54, 1.807) is 0 Å². The predicted molar refractivity (Wildman–Crippen MR) is 75.1 cm³/mol. The Labute approximate surface area is 114 Å². The standard InChI is InChI=1S/C15H22N2O2/c16-9-5-1-2-8-15(18)17-11-13-10-12-6-3-4-7-14(12)19-13/h3-4,6-7,13H,1-2,5,8-11,16H2,(H,17,18). The SMILES string of the molecule is NCCCCCC(=O)NCC1Cc2ccccc2O1. The number of carbonyl (C=O) groups is 1. The maximum absolute atomic E-state index is 11.6. The molecule has 1 aromatic carbocycles. The molecule has 1 heterocycles. The minimum atomic E-state index is 0.0744. The Hall–Kier alpha value is -1.55. The van der Waals surface area contributed by atoms with E-state index < -0.39 is 0 Å². The Bertz CT molecular complexity index is 395. The molecule has 0 aliphatic carbocycles. The van der Waals surface area contributed by atoms with Gasteiger partial charge in [0, 0.05) is 12.8 Å². The largest absolute Gasteiger partial charge is 0.488 e. The molecule has 0 saturated carbocycles. The van der Waals surface area contributed by atoms with Crippen LogP contribution in [0.15, 0.2) is 24.3 Å². The topological polar surface area (TPSA) is 64.4 Å².